The van der Waals surface area contributed by atoms with Gasteiger partial charge in [0.25, 0.3) is 0 Å². The fourth-order valence-corrected chi connectivity index (χ4v) is 7.81. The first kappa shape index (κ1) is 22.8. The molecule has 1 aliphatic heterocycles. The Morgan fingerprint density at radius 2 is 0.854 bits per heavy atom. The summed E-state index contributed by atoms with van der Waals surface area (Å²) in [6.45, 7) is 0. The average molecular weight is 544 g/mol. The van der Waals surface area contributed by atoms with Gasteiger partial charge in [-0.15, -0.1) is 0 Å². The lowest BCUT2D eigenvalue weighted by Crippen LogP contribution is -2.15. The van der Waals surface area contributed by atoms with Crippen LogP contribution < -0.4 is 4.90 Å². The molecule has 3 heterocycles. The Bertz CT molecular complexity index is 2220. The van der Waals surface area contributed by atoms with Gasteiger partial charge >= 0.3 is 0 Å². The van der Waals surface area contributed by atoms with Crippen molar-refractivity contribution in [3.63, 3.8) is 0 Å². The highest BCUT2D eigenvalue weighted by atomic mass is 32.2. The fraction of sp³-hybridized carbons (Fsp3) is 0.0270. The van der Waals surface area contributed by atoms with E-state index in [4.69, 9.17) is 0 Å². The summed E-state index contributed by atoms with van der Waals surface area (Å²) in [5, 5.41) is 5.14. The molecule has 0 radical (unpaired) electrons. The second-order valence-electron chi connectivity index (χ2n) is 10.7. The summed E-state index contributed by atoms with van der Waals surface area (Å²) in [6.07, 6.45) is 0. The van der Waals surface area contributed by atoms with Crippen molar-refractivity contribution in [3.05, 3.63) is 133 Å². The summed E-state index contributed by atoms with van der Waals surface area (Å²) in [7, 11) is 2.19. The highest BCUT2D eigenvalue weighted by Crippen LogP contribution is 2.49. The van der Waals surface area contributed by atoms with Crippen molar-refractivity contribution >= 4 is 66.7 Å². The molecule has 0 saturated carbocycles. The fourth-order valence-electron chi connectivity index (χ4n) is 6.64. The molecule has 0 amide bonds. The number of fused-ring (bicyclic) bond motifs is 8. The standard InChI is InChI=1S/C37H25N3S/c1-38-34-20-18-25(40-32-16-8-4-12-28(32)29-13-5-9-17-33(29)40)23-37(34)41-36-21-19-24(22-35(36)38)39-30-14-6-2-10-26(30)27-11-3-7-15-31(27)39/h2-23H,1H3. The minimum Gasteiger partial charge on any atom is -0.343 e. The molecule has 0 bridgehead atoms. The minimum atomic E-state index is 1.18. The van der Waals surface area contributed by atoms with Crippen LogP contribution in [0.2, 0.25) is 0 Å². The predicted octanol–water partition coefficient (Wildman–Crippen LogP) is 10.1. The third-order valence-electron chi connectivity index (χ3n) is 8.51. The summed E-state index contributed by atoms with van der Waals surface area (Å²) in [5.74, 6) is 0. The van der Waals surface area contributed by atoms with Gasteiger partial charge in [-0.25, -0.2) is 0 Å². The zero-order chi connectivity index (χ0) is 27.1. The van der Waals surface area contributed by atoms with Gasteiger partial charge in [-0.1, -0.05) is 84.6 Å². The lowest BCUT2D eigenvalue weighted by molar-refractivity contribution is 1.08. The van der Waals surface area contributed by atoms with Crippen LogP contribution in [0.15, 0.2) is 143 Å². The number of aromatic nitrogens is 2. The van der Waals surface area contributed by atoms with Gasteiger partial charge in [0.05, 0.1) is 33.4 Å². The molecular formula is C37H25N3S. The molecular weight excluding hydrogens is 518 g/mol. The lowest BCUT2D eigenvalue weighted by Gasteiger charge is -2.30. The molecule has 3 nitrogen and oxygen atoms in total. The number of para-hydroxylation sites is 4. The molecule has 6 aromatic carbocycles. The van der Waals surface area contributed by atoms with E-state index in [2.05, 4.69) is 155 Å². The molecule has 1 aliphatic rings. The Labute approximate surface area is 241 Å². The van der Waals surface area contributed by atoms with Crippen LogP contribution in [0, 0.1) is 0 Å². The molecule has 0 saturated heterocycles. The first-order valence-corrected chi connectivity index (χ1v) is 14.7. The van der Waals surface area contributed by atoms with Crippen LogP contribution in [-0.4, -0.2) is 16.2 Å². The van der Waals surface area contributed by atoms with Gasteiger partial charge < -0.3 is 14.0 Å². The largest absolute Gasteiger partial charge is 0.343 e. The number of hydrogen-bond donors (Lipinski definition) is 0. The molecule has 41 heavy (non-hydrogen) atoms. The third-order valence-corrected chi connectivity index (χ3v) is 9.62. The number of benzene rings is 6. The van der Waals surface area contributed by atoms with E-state index in [-0.39, 0.29) is 0 Å². The minimum absolute atomic E-state index is 1.18. The quantitative estimate of drug-likeness (QED) is 0.215. The molecule has 0 fully saturated rings. The maximum atomic E-state index is 2.40. The zero-order valence-corrected chi connectivity index (χ0v) is 23.3. The molecule has 0 atom stereocenters. The molecule has 0 aliphatic carbocycles. The summed E-state index contributed by atoms with van der Waals surface area (Å²) in [6, 6.07) is 48.6. The van der Waals surface area contributed by atoms with Crippen molar-refractivity contribution in [2.24, 2.45) is 0 Å². The van der Waals surface area contributed by atoms with Crippen molar-refractivity contribution in [1.82, 2.24) is 9.13 Å². The van der Waals surface area contributed by atoms with E-state index in [1.165, 1.54) is 76.2 Å². The van der Waals surface area contributed by atoms with E-state index in [9.17, 15) is 0 Å². The first-order valence-electron chi connectivity index (χ1n) is 13.9. The monoisotopic (exact) mass is 543 g/mol. The Hall–Kier alpha value is -4.93. The van der Waals surface area contributed by atoms with Crippen LogP contribution >= 0.6 is 11.8 Å². The van der Waals surface area contributed by atoms with Crippen LogP contribution in [0.4, 0.5) is 11.4 Å². The SMILES string of the molecule is CN1c2ccc(-n3c4ccccc4c4ccccc43)cc2Sc2ccc(-n3c4ccccc4c4ccccc43)cc21. The van der Waals surface area contributed by atoms with Crippen molar-refractivity contribution in [2.75, 3.05) is 11.9 Å². The van der Waals surface area contributed by atoms with Crippen LogP contribution in [0.25, 0.3) is 55.0 Å². The smallest absolute Gasteiger partial charge is 0.0571 e. The van der Waals surface area contributed by atoms with Gasteiger partial charge in [-0.05, 0) is 60.7 Å². The maximum absolute atomic E-state index is 2.40. The second kappa shape index (κ2) is 8.53. The van der Waals surface area contributed by atoms with Gasteiger partial charge in [0, 0.05) is 49.8 Å². The molecule has 0 spiro atoms. The average Bonchev–Trinajstić information content (AvgIpc) is 3.54. The Balaban J connectivity index is 1.18. The molecule has 9 rings (SSSR count). The number of hydrogen-bond acceptors (Lipinski definition) is 2. The normalized spacial score (nSPS) is 12.9. The van der Waals surface area contributed by atoms with Crippen molar-refractivity contribution in [2.45, 2.75) is 9.79 Å². The third kappa shape index (κ3) is 3.22. The van der Waals surface area contributed by atoms with Crippen LogP contribution in [-0.2, 0) is 0 Å². The Morgan fingerprint density at radius 1 is 0.415 bits per heavy atom. The van der Waals surface area contributed by atoms with Crippen LogP contribution in [0.1, 0.15) is 0 Å². The van der Waals surface area contributed by atoms with Gasteiger partial charge in [0.15, 0.2) is 0 Å². The molecule has 8 aromatic rings. The summed E-state index contributed by atoms with van der Waals surface area (Å²) in [5.41, 5.74) is 9.76. The van der Waals surface area contributed by atoms with E-state index >= 15 is 0 Å². The molecule has 4 heteroatoms. The zero-order valence-electron chi connectivity index (χ0n) is 22.5. The maximum Gasteiger partial charge on any atom is 0.0571 e. The molecule has 0 unspecified atom stereocenters. The number of anilines is 2. The topological polar surface area (TPSA) is 13.1 Å². The second-order valence-corrected chi connectivity index (χ2v) is 11.8. The predicted molar refractivity (Wildman–Crippen MR) is 174 cm³/mol. The van der Waals surface area contributed by atoms with Crippen molar-refractivity contribution in [1.29, 1.82) is 0 Å². The van der Waals surface area contributed by atoms with Crippen molar-refractivity contribution in [3.8, 4) is 11.4 Å². The molecule has 194 valence electrons. The molecule has 2 aromatic heterocycles. The van der Waals surface area contributed by atoms with Crippen LogP contribution in [0.3, 0.4) is 0 Å². The van der Waals surface area contributed by atoms with Crippen molar-refractivity contribution < 1.29 is 0 Å². The summed E-state index contributed by atoms with van der Waals surface area (Å²) in [4.78, 5) is 4.88. The van der Waals surface area contributed by atoms with Crippen LogP contribution in [0.5, 0.6) is 0 Å². The van der Waals surface area contributed by atoms with Gasteiger partial charge in [0.2, 0.25) is 0 Å². The van der Waals surface area contributed by atoms with Gasteiger partial charge in [0.1, 0.15) is 0 Å². The van der Waals surface area contributed by atoms with E-state index in [1.54, 1.807) is 0 Å². The molecule has 0 N–H and O–H groups in total. The first-order chi connectivity index (χ1) is 20.3. The highest BCUT2D eigenvalue weighted by Gasteiger charge is 2.23. The van der Waals surface area contributed by atoms with Gasteiger partial charge in [-0.2, -0.15) is 0 Å². The lowest BCUT2D eigenvalue weighted by atomic mass is 10.2. The van der Waals surface area contributed by atoms with E-state index in [0.717, 1.165) is 0 Å². The van der Waals surface area contributed by atoms with E-state index in [0.29, 0.717) is 0 Å². The number of nitrogens with zero attached hydrogens (tertiary/aromatic N) is 3. The van der Waals surface area contributed by atoms with Gasteiger partial charge in [-0.3, -0.25) is 0 Å². The summed E-state index contributed by atoms with van der Waals surface area (Å²) < 4.78 is 4.79. The Kier molecular flexibility index (Phi) is 4.75. The number of rotatable bonds is 2. The Morgan fingerprint density at radius 3 is 1.37 bits per heavy atom. The van der Waals surface area contributed by atoms with E-state index in [1.807, 2.05) is 11.8 Å². The highest BCUT2D eigenvalue weighted by molar-refractivity contribution is 7.99. The van der Waals surface area contributed by atoms with E-state index < -0.39 is 0 Å². The summed E-state index contributed by atoms with van der Waals surface area (Å²) >= 11 is 1.86.